The number of anilines is 1. The summed E-state index contributed by atoms with van der Waals surface area (Å²) >= 11 is 1.34. The third-order valence-electron chi connectivity index (χ3n) is 1.59. The molecular weight excluding hydrogens is 270 g/mol. The summed E-state index contributed by atoms with van der Waals surface area (Å²) in [6, 6.07) is 1.73. The Labute approximate surface area is 104 Å². The lowest BCUT2D eigenvalue weighted by Crippen LogP contribution is -2.12. The van der Waals surface area contributed by atoms with Crippen molar-refractivity contribution in [2.24, 2.45) is 0 Å². The fraction of sp³-hybridized carbons (Fsp3) is 0.500. The van der Waals surface area contributed by atoms with Crippen molar-refractivity contribution in [1.29, 1.82) is 0 Å². The van der Waals surface area contributed by atoms with Gasteiger partial charge in [0.2, 0.25) is 15.0 Å². The van der Waals surface area contributed by atoms with Crippen LogP contribution in [0, 0.1) is 0 Å². The molecule has 0 atom stereocenters. The molecule has 1 aromatic rings. The van der Waals surface area contributed by atoms with E-state index in [4.69, 9.17) is 10.7 Å². The first-order valence-electron chi connectivity index (χ1n) is 4.44. The zero-order chi connectivity index (χ0) is 12.2. The van der Waals surface area contributed by atoms with Crippen molar-refractivity contribution < 1.29 is 8.42 Å². The number of thioether (sulfide) groups is 1. The molecule has 0 N–H and O–H groups in total. The van der Waals surface area contributed by atoms with Crippen molar-refractivity contribution in [2.45, 2.75) is 5.03 Å². The Kier molecular flexibility index (Phi) is 4.82. The van der Waals surface area contributed by atoms with Crippen molar-refractivity contribution in [1.82, 2.24) is 9.97 Å². The van der Waals surface area contributed by atoms with Gasteiger partial charge in [0, 0.05) is 36.7 Å². The van der Waals surface area contributed by atoms with Gasteiger partial charge in [-0.1, -0.05) is 0 Å². The highest BCUT2D eigenvalue weighted by molar-refractivity contribution is 8.14. The third-order valence-corrected chi connectivity index (χ3v) is 3.94. The highest BCUT2D eigenvalue weighted by atomic mass is 35.7. The van der Waals surface area contributed by atoms with Gasteiger partial charge in [0.15, 0.2) is 0 Å². The van der Waals surface area contributed by atoms with E-state index in [9.17, 15) is 8.42 Å². The maximum atomic E-state index is 10.7. The molecule has 0 spiro atoms. The Morgan fingerprint density at radius 3 is 2.75 bits per heavy atom. The number of hydrogen-bond acceptors (Lipinski definition) is 6. The second-order valence-electron chi connectivity index (χ2n) is 3.18. The van der Waals surface area contributed by atoms with Gasteiger partial charge >= 0.3 is 0 Å². The maximum Gasteiger partial charge on any atom is 0.233 e. The van der Waals surface area contributed by atoms with E-state index in [1.807, 2.05) is 14.1 Å². The van der Waals surface area contributed by atoms with E-state index in [0.29, 0.717) is 11.7 Å². The van der Waals surface area contributed by atoms with Crippen LogP contribution in [0.1, 0.15) is 0 Å². The molecule has 0 fully saturated rings. The van der Waals surface area contributed by atoms with Gasteiger partial charge in [-0.2, -0.15) is 0 Å². The summed E-state index contributed by atoms with van der Waals surface area (Å²) in [4.78, 5) is 10.1. The molecule has 0 unspecified atom stereocenters. The van der Waals surface area contributed by atoms with Gasteiger partial charge in [-0.05, 0) is 6.07 Å². The van der Waals surface area contributed by atoms with E-state index in [-0.39, 0.29) is 5.75 Å². The van der Waals surface area contributed by atoms with Gasteiger partial charge in [0.05, 0.1) is 5.75 Å². The minimum atomic E-state index is -3.42. The average molecular weight is 282 g/mol. The molecule has 0 saturated carbocycles. The highest BCUT2D eigenvalue weighted by Crippen LogP contribution is 2.17. The number of rotatable bonds is 5. The Morgan fingerprint density at radius 1 is 1.50 bits per heavy atom. The van der Waals surface area contributed by atoms with E-state index >= 15 is 0 Å². The van der Waals surface area contributed by atoms with Crippen LogP contribution in [0.25, 0.3) is 0 Å². The SMILES string of the molecule is CN(C)c1nccc(SCCS(=O)(=O)Cl)n1. The van der Waals surface area contributed by atoms with Gasteiger partial charge in [-0.25, -0.2) is 18.4 Å². The zero-order valence-electron chi connectivity index (χ0n) is 8.92. The van der Waals surface area contributed by atoms with Gasteiger partial charge in [0.25, 0.3) is 0 Å². The standard InChI is InChI=1S/C8H12ClN3O2S2/c1-12(2)8-10-4-3-7(11-8)15-5-6-16(9,13)14/h3-4H,5-6H2,1-2H3. The molecule has 1 rings (SSSR count). The van der Waals surface area contributed by atoms with E-state index in [2.05, 4.69) is 9.97 Å². The minimum absolute atomic E-state index is 0.0689. The monoisotopic (exact) mass is 281 g/mol. The molecule has 0 aliphatic carbocycles. The van der Waals surface area contributed by atoms with Gasteiger partial charge in [-0.15, -0.1) is 11.8 Å². The summed E-state index contributed by atoms with van der Waals surface area (Å²) in [5.41, 5.74) is 0. The fourth-order valence-electron chi connectivity index (χ4n) is 0.874. The highest BCUT2D eigenvalue weighted by Gasteiger charge is 2.06. The van der Waals surface area contributed by atoms with Crippen molar-refractivity contribution in [3.8, 4) is 0 Å². The van der Waals surface area contributed by atoms with Crippen molar-refractivity contribution >= 4 is 37.4 Å². The quantitative estimate of drug-likeness (QED) is 0.459. The molecule has 90 valence electrons. The zero-order valence-corrected chi connectivity index (χ0v) is 11.3. The molecule has 0 amide bonds. The van der Waals surface area contributed by atoms with E-state index < -0.39 is 9.05 Å². The molecule has 8 heteroatoms. The molecule has 0 aliphatic heterocycles. The Bertz CT molecular complexity index is 450. The van der Waals surface area contributed by atoms with Gasteiger partial charge in [-0.3, -0.25) is 0 Å². The molecule has 0 radical (unpaired) electrons. The van der Waals surface area contributed by atoms with E-state index in [1.165, 1.54) is 11.8 Å². The maximum absolute atomic E-state index is 10.7. The van der Waals surface area contributed by atoms with Crippen LogP contribution in [0.3, 0.4) is 0 Å². The molecule has 5 nitrogen and oxygen atoms in total. The molecule has 1 heterocycles. The first kappa shape index (κ1) is 13.5. The number of halogens is 1. The van der Waals surface area contributed by atoms with Gasteiger partial charge < -0.3 is 4.90 Å². The minimum Gasteiger partial charge on any atom is -0.347 e. The molecule has 0 aliphatic rings. The molecule has 1 aromatic heterocycles. The summed E-state index contributed by atoms with van der Waals surface area (Å²) in [5.74, 6) is 0.912. The summed E-state index contributed by atoms with van der Waals surface area (Å²) in [5, 5.41) is 0.735. The van der Waals surface area contributed by atoms with Crippen LogP contribution in [0.15, 0.2) is 17.3 Å². The lowest BCUT2D eigenvalue weighted by atomic mass is 10.6. The molecule has 0 aromatic carbocycles. The van der Waals surface area contributed by atoms with Crippen LogP contribution in [0.2, 0.25) is 0 Å². The first-order chi connectivity index (χ1) is 7.38. The number of nitrogens with zero attached hydrogens (tertiary/aromatic N) is 3. The second-order valence-corrected chi connectivity index (χ2v) is 7.19. The molecule has 0 bridgehead atoms. The average Bonchev–Trinajstić information content (AvgIpc) is 2.16. The van der Waals surface area contributed by atoms with Crippen LogP contribution < -0.4 is 4.90 Å². The van der Waals surface area contributed by atoms with E-state index in [1.54, 1.807) is 17.2 Å². The smallest absolute Gasteiger partial charge is 0.233 e. The Balaban J connectivity index is 2.58. The van der Waals surface area contributed by atoms with Crippen LogP contribution >= 0.6 is 22.4 Å². The predicted molar refractivity (Wildman–Crippen MR) is 66.7 cm³/mol. The van der Waals surface area contributed by atoms with Crippen LogP contribution in [-0.4, -0.2) is 44.0 Å². The van der Waals surface area contributed by atoms with Crippen LogP contribution in [0.4, 0.5) is 5.95 Å². The summed E-state index contributed by atoms with van der Waals surface area (Å²) < 4.78 is 21.4. The Hall–Kier alpha value is -0.530. The summed E-state index contributed by atoms with van der Waals surface area (Å²) in [6.45, 7) is 0. The lowest BCUT2D eigenvalue weighted by Gasteiger charge is -2.10. The Morgan fingerprint density at radius 2 is 2.19 bits per heavy atom. The van der Waals surface area contributed by atoms with Gasteiger partial charge in [0.1, 0.15) is 5.03 Å². The normalized spacial score (nSPS) is 11.4. The summed E-state index contributed by atoms with van der Waals surface area (Å²) in [7, 11) is 5.36. The van der Waals surface area contributed by atoms with Crippen molar-refractivity contribution in [3.05, 3.63) is 12.3 Å². The molecular formula is C8H12ClN3O2S2. The molecule has 16 heavy (non-hydrogen) atoms. The van der Waals surface area contributed by atoms with Crippen molar-refractivity contribution in [2.75, 3.05) is 30.5 Å². The lowest BCUT2D eigenvalue weighted by molar-refractivity contribution is 0.611. The van der Waals surface area contributed by atoms with E-state index in [0.717, 1.165) is 5.03 Å². The third kappa shape index (κ3) is 5.00. The predicted octanol–water partition coefficient (Wildman–Crippen LogP) is 1.20. The number of aromatic nitrogens is 2. The summed E-state index contributed by atoms with van der Waals surface area (Å²) in [6.07, 6.45) is 1.64. The van der Waals surface area contributed by atoms with Crippen molar-refractivity contribution in [3.63, 3.8) is 0 Å². The largest absolute Gasteiger partial charge is 0.347 e. The topological polar surface area (TPSA) is 63.2 Å². The van der Waals surface area contributed by atoms with Crippen LogP contribution in [0.5, 0.6) is 0 Å². The number of hydrogen-bond donors (Lipinski definition) is 0. The second kappa shape index (κ2) is 5.70. The molecule has 0 saturated heterocycles. The fourth-order valence-corrected chi connectivity index (χ4v) is 3.08. The van der Waals surface area contributed by atoms with Crippen LogP contribution in [-0.2, 0) is 9.05 Å². The first-order valence-corrected chi connectivity index (χ1v) is 7.90.